The number of morpholine rings is 1. The summed E-state index contributed by atoms with van der Waals surface area (Å²) in [6.45, 7) is 10.7. The van der Waals surface area contributed by atoms with Crippen molar-refractivity contribution < 1.29 is 14.6 Å². The normalized spacial score (nSPS) is 21.4. The molecule has 1 amide bonds. The van der Waals surface area contributed by atoms with E-state index in [1.165, 1.54) is 17.6 Å². The molecule has 1 fully saturated rings. The molecule has 134 valence electrons. The summed E-state index contributed by atoms with van der Waals surface area (Å²) < 4.78 is 7.19. The van der Waals surface area contributed by atoms with Crippen molar-refractivity contribution in [3.05, 3.63) is 34.2 Å². The number of amides is 1. The van der Waals surface area contributed by atoms with Crippen LogP contribution in [0.4, 0.5) is 0 Å². The highest BCUT2D eigenvalue weighted by Gasteiger charge is 2.39. The number of hydrogen-bond acceptors (Lipinski definition) is 4. The van der Waals surface area contributed by atoms with Crippen LogP contribution in [0.25, 0.3) is 0 Å². The number of ether oxygens (including phenoxy) is 1. The van der Waals surface area contributed by atoms with Gasteiger partial charge >= 0.3 is 0 Å². The van der Waals surface area contributed by atoms with Gasteiger partial charge in [-0.05, 0) is 25.3 Å². The fourth-order valence-electron chi connectivity index (χ4n) is 2.90. The number of hydrogen-bond donors (Lipinski definition) is 1. The first-order valence-electron chi connectivity index (χ1n) is 8.32. The number of carbonyl (C=O) groups is 1. The van der Waals surface area contributed by atoms with E-state index >= 15 is 0 Å². The van der Waals surface area contributed by atoms with Crippen molar-refractivity contribution >= 4 is 5.91 Å². The minimum absolute atomic E-state index is 0.0606. The highest BCUT2D eigenvalue weighted by Crippen LogP contribution is 2.26. The average Bonchev–Trinajstić information content (AvgIpc) is 2.49. The highest BCUT2D eigenvalue weighted by molar-refractivity contribution is 5.84. The first kappa shape index (κ1) is 18.7. The summed E-state index contributed by atoms with van der Waals surface area (Å²) >= 11 is 0. The third-order valence-corrected chi connectivity index (χ3v) is 4.51. The molecule has 1 aliphatic rings. The Hall–Kier alpha value is -1.66. The molecule has 1 aromatic heterocycles. The highest BCUT2D eigenvalue weighted by atomic mass is 16.5. The first-order chi connectivity index (χ1) is 11.0. The van der Waals surface area contributed by atoms with Gasteiger partial charge in [0.25, 0.3) is 11.5 Å². The van der Waals surface area contributed by atoms with Crippen LogP contribution in [0.3, 0.4) is 0 Å². The van der Waals surface area contributed by atoms with Crippen LogP contribution in [0.5, 0.6) is 0 Å². The number of carbonyl (C=O) groups excluding carboxylic acids is 1. The van der Waals surface area contributed by atoms with Crippen molar-refractivity contribution in [2.45, 2.75) is 52.9 Å². The van der Waals surface area contributed by atoms with Crippen molar-refractivity contribution in [2.75, 3.05) is 19.7 Å². The SMILES string of the molecule is Cc1cccc(=O)n1C[C@@](C)(O)C(=O)N1CCO[C@@H](C(C)(C)C)C1. The number of aryl methyl sites for hydroxylation is 1. The summed E-state index contributed by atoms with van der Waals surface area (Å²) in [5, 5.41) is 10.7. The third-order valence-electron chi connectivity index (χ3n) is 4.51. The summed E-state index contributed by atoms with van der Waals surface area (Å²) in [5.41, 5.74) is -1.24. The standard InChI is InChI=1S/C18H28N2O4/c1-13-7-6-8-15(21)20(13)12-18(5,23)16(22)19-9-10-24-14(11-19)17(2,3)4/h6-8,14,23H,9-12H2,1-5H3/t14-,18-/m1/s1. The molecule has 0 spiro atoms. The second kappa shape index (κ2) is 6.69. The second-order valence-corrected chi connectivity index (χ2v) is 7.84. The number of pyridine rings is 1. The van der Waals surface area contributed by atoms with Gasteiger partial charge < -0.3 is 19.3 Å². The summed E-state index contributed by atoms with van der Waals surface area (Å²) in [7, 11) is 0. The first-order valence-corrected chi connectivity index (χ1v) is 8.32. The van der Waals surface area contributed by atoms with Crippen LogP contribution < -0.4 is 5.56 Å². The minimum Gasteiger partial charge on any atom is -0.378 e. The minimum atomic E-state index is -1.64. The zero-order valence-electron chi connectivity index (χ0n) is 15.2. The summed E-state index contributed by atoms with van der Waals surface area (Å²) in [4.78, 5) is 26.5. The predicted molar refractivity (Wildman–Crippen MR) is 91.8 cm³/mol. The summed E-state index contributed by atoms with van der Waals surface area (Å²) in [5.74, 6) is -0.366. The van der Waals surface area contributed by atoms with Gasteiger partial charge in [-0.15, -0.1) is 0 Å². The molecule has 1 N–H and O–H groups in total. The maximum atomic E-state index is 12.8. The van der Waals surface area contributed by atoms with E-state index in [9.17, 15) is 14.7 Å². The van der Waals surface area contributed by atoms with E-state index < -0.39 is 5.60 Å². The molecule has 6 nitrogen and oxygen atoms in total. The Labute approximate surface area is 143 Å². The predicted octanol–water partition coefficient (Wildman–Crippen LogP) is 1.18. The Balaban J connectivity index is 2.17. The molecule has 0 aliphatic carbocycles. The molecular weight excluding hydrogens is 308 g/mol. The van der Waals surface area contributed by atoms with Gasteiger partial charge in [-0.1, -0.05) is 26.8 Å². The van der Waals surface area contributed by atoms with E-state index in [2.05, 4.69) is 20.8 Å². The molecule has 1 aromatic rings. The maximum absolute atomic E-state index is 12.8. The Morgan fingerprint density at radius 2 is 2.00 bits per heavy atom. The molecule has 1 aliphatic heterocycles. The van der Waals surface area contributed by atoms with Crippen molar-refractivity contribution in [1.29, 1.82) is 0 Å². The third kappa shape index (κ3) is 4.05. The Morgan fingerprint density at radius 1 is 1.33 bits per heavy atom. The average molecular weight is 336 g/mol. The topological polar surface area (TPSA) is 71.8 Å². The molecule has 2 rings (SSSR count). The fraction of sp³-hybridized carbons (Fsp3) is 0.667. The quantitative estimate of drug-likeness (QED) is 0.900. The fourth-order valence-corrected chi connectivity index (χ4v) is 2.90. The molecular formula is C18H28N2O4. The van der Waals surface area contributed by atoms with Crippen molar-refractivity contribution in [3.63, 3.8) is 0 Å². The Morgan fingerprint density at radius 3 is 2.58 bits per heavy atom. The Kier molecular flexibility index (Phi) is 5.20. The van der Waals surface area contributed by atoms with Crippen molar-refractivity contribution in [2.24, 2.45) is 5.41 Å². The largest absolute Gasteiger partial charge is 0.378 e. The van der Waals surface area contributed by atoms with Gasteiger partial charge in [0.15, 0.2) is 5.60 Å². The van der Waals surface area contributed by atoms with Crippen molar-refractivity contribution in [1.82, 2.24) is 9.47 Å². The number of rotatable bonds is 3. The van der Waals surface area contributed by atoms with Gasteiger partial charge in [0.1, 0.15) is 0 Å². The zero-order valence-corrected chi connectivity index (χ0v) is 15.2. The lowest BCUT2D eigenvalue weighted by Crippen LogP contribution is -2.57. The van der Waals surface area contributed by atoms with Gasteiger partial charge in [-0.25, -0.2) is 0 Å². The van der Waals surface area contributed by atoms with Gasteiger partial charge in [0.05, 0.1) is 19.3 Å². The van der Waals surface area contributed by atoms with Crippen LogP contribution in [0.15, 0.2) is 23.0 Å². The molecule has 0 aromatic carbocycles. The maximum Gasteiger partial charge on any atom is 0.256 e. The summed E-state index contributed by atoms with van der Waals surface area (Å²) in [6.07, 6.45) is -0.0767. The summed E-state index contributed by atoms with van der Waals surface area (Å²) in [6, 6.07) is 4.88. The number of aromatic nitrogens is 1. The lowest BCUT2D eigenvalue weighted by Gasteiger charge is -2.41. The molecule has 0 unspecified atom stereocenters. The molecule has 6 heteroatoms. The van der Waals surface area contributed by atoms with Crippen LogP contribution in [0, 0.1) is 12.3 Å². The van der Waals surface area contributed by atoms with Gasteiger partial charge in [0, 0.05) is 24.8 Å². The van der Waals surface area contributed by atoms with E-state index in [0.717, 1.165) is 0 Å². The molecule has 2 atom stereocenters. The number of nitrogens with zero attached hydrogens (tertiary/aromatic N) is 2. The van der Waals surface area contributed by atoms with E-state index in [1.807, 2.05) is 0 Å². The zero-order chi connectivity index (χ0) is 18.1. The van der Waals surface area contributed by atoms with Gasteiger partial charge in [-0.3, -0.25) is 9.59 Å². The van der Waals surface area contributed by atoms with E-state index in [4.69, 9.17) is 4.74 Å². The van der Waals surface area contributed by atoms with Crippen LogP contribution in [-0.2, 0) is 16.1 Å². The smallest absolute Gasteiger partial charge is 0.256 e. The molecule has 2 heterocycles. The van der Waals surface area contributed by atoms with Crippen LogP contribution in [-0.4, -0.2) is 51.9 Å². The molecule has 1 saturated heterocycles. The van der Waals surface area contributed by atoms with Crippen LogP contribution in [0.1, 0.15) is 33.4 Å². The van der Waals surface area contributed by atoms with Gasteiger partial charge in [-0.2, -0.15) is 0 Å². The van der Waals surface area contributed by atoms with Crippen LogP contribution in [0.2, 0.25) is 0 Å². The molecule has 0 radical (unpaired) electrons. The van der Waals surface area contributed by atoms with E-state index in [1.54, 1.807) is 24.0 Å². The lowest BCUT2D eigenvalue weighted by molar-refractivity contribution is -0.162. The van der Waals surface area contributed by atoms with Crippen molar-refractivity contribution in [3.8, 4) is 0 Å². The molecule has 24 heavy (non-hydrogen) atoms. The number of aliphatic hydroxyl groups is 1. The molecule has 0 saturated carbocycles. The Bertz CT molecular complexity index is 658. The molecule has 0 bridgehead atoms. The van der Waals surface area contributed by atoms with E-state index in [0.29, 0.717) is 25.4 Å². The lowest BCUT2D eigenvalue weighted by atomic mass is 9.87. The van der Waals surface area contributed by atoms with Crippen LogP contribution >= 0.6 is 0 Å². The van der Waals surface area contributed by atoms with Gasteiger partial charge in [0.2, 0.25) is 0 Å². The second-order valence-electron chi connectivity index (χ2n) is 7.84. The van der Waals surface area contributed by atoms with E-state index in [-0.39, 0.29) is 29.5 Å². The monoisotopic (exact) mass is 336 g/mol.